The van der Waals surface area contributed by atoms with Crippen LogP contribution in [0.4, 0.5) is 0 Å². The van der Waals surface area contributed by atoms with Crippen molar-refractivity contribution < 1.29 is 0 Å². The van der Waals surface area contributed by atoms with Crippen LogP contribution in [0.1, 0.15) is 52.9 Å². The highest BCUT2D eigenvalue weighted by molar-refractivity contribution is 4.95. The van der Waals surface area contributed by atoms with Gasteiger partial charge in [-0.25, -0.2) is 0 Å². The molecule has 0 bridgehead atoms. The summed E-state index contributed by atoms with van der Waals surface area (Å²) in [7, 11) is 0. The fourth-order valence-corrected chi connectivity index (χ4v) is 2.63. The third-order valence-corrected chi connectivity index (χ3v) is 3.26. The molecule has 0 radical (unpaired) electrons. The molecule has 1 N–H and O–H groups in total. The molecule has 1 aliphatic rings. The zero-order valence-electron chi connectivity index (χ0n) is 10.3. The molecule has 1 saturated carbocycles. The third kappa shape index (κ3) is 4.22. The lowest BCUT2D eigenvalue weighted by molar-refractivity contribution is 0.277. The van der Waals surface area contributed by atoms with Gasteiger partial charge in [-0.3, -0.25) is 0 Å². The van der Waals surface area contributed by atoms with E-state index in [9.17, 15) is 0 Å². The minimum absolute atomic E-state index is 0.244. The second-order valence-electron chi connectivity index (χ2n) is 5.32. The first-order chi connectivity index (χ1) is 7.13. The Bertz CT molecular complexity index is 217. The van der Waals surface area contributed by atoms with Gasteiger partial charge in [0.25, 0.3) is 0 Å². The molecule has 0 spiro atoms. The Morgan fingerprint density at radius 1 is 1.27 bits per heavy atom. The van der Waals surface area contributed by atoms with Crippen LogP contribution in [-0.2, 0) is 0 Å². The fraction of sp³-hybridized carbons (Fsp3) is 0.923. The SMILES string of the molecule is CC(C)CC(C)NC1CCCCC1C#N. The molecular formula is C13H24N2. The van der Waals surface area contributed by atoms with Crippen molar-refractivity contribution in [2.24, 2.45) is 11.8 Å². The van der Waals surface area contributed by atoms with Crippen molar-refractivity contribution >= 4 is 0 Å². The molecule has 1 aliphatic carbocycles. The average molecular weight is 208 g/mol. The maximum absolute atomic E-state index is 9.07. The van der Waals surface area contributed by atoms with Crippen LogP contribution in [0.3, 0.4) is 0 Å². The Labute approximate surface area is 94.1 Å². The number of nitrogens with zero attached hydrogens (tertiary/aromatic N) is 1. The molecule has 1 fully saturated rings. The van der Waals surface area contributed by atoms with Gasteiger partial charge in [-0.1, -0.05) is 26.7 Å². The predicted octanol–water partition coefficient (Wildman–Crippen LogP) is 3.09. The van der Waals surface area contributed by atoms with Crippen molar-refractivity contribution in [3.63, 3.8) is 0 Å². The van der Waals surface area contributed by atoms with Crippen molar-refractivity contribution in [2.75, 3.05) is 0 Å². The van der Waals surface area contributed by atoms with Gasteiger partial charge in [0.1, 0.15) is 0 Å². The summed E-state index contributed by atoms with van der Waals surface area (Å²) >= 11 is 0. The van der Waals surface area contributed by atoms with Gasteiger partial charge in [-0.05, 0) is 32.1 Å². The minimum Gasteiger partial charge on any atom is -0.310 e. The van der Waals surface area contributed by atoms with Crippen LogP contribution in [0, 0.1) is 23.2 Å². The highest BCUT2D eigenvalue weighted by Crippen LogP contribution is 2.24. The monoisotopic (exact) mass is 208 g/mol. The molecule has 2 nitrogen and oxygen atoms in total. The quantitative estimate of drug-likeness (QED) is 0.770. The van der Waals surface area contributed by atoms with Gasteiger partial charge in [0.05, 0.1) is 12.0 Å². The highest BCUT2D eigenvalue weighted by atomic mass is 15.0. The molecular weight excluding hydrogens is 184 g/mol. The first kappa shape index (κ1) is 12.5. The van der Waals surface area contributed by atoms with E-state index in [1.165, 1.54) is 25.7 Å². The molecule has 0 saturated heterocycles. The van der Waals surface area contributed by atoms with E-state index < -0.39 is 0 Å². The van der Waals surface area contributed by atoms with E-state index in [0.29, 0.717) is 12.1 Å². The number of nitriles is 1. The summed E-state index contributed by atoms with van der Waals surface area (Å²) in [5.74, 6) is 0.977. The Morgan fingerprint density at radius 3 is 2.53 bits per heavy atom. The predicted molar refractivity (Wildman–Crippen MR) is 63.4 cm³/mol. The van der Waals surface area contributed by atoms with E-state index in [4.69, 9.17) is 5.26 Å². The lowest BCUT2D eigenvalue weighted by Gasteiger charge is -2.31. The Morgan fingerprint density at radius 2 is 1.93 bits per heavy atom. The summed E-state index contributed by atoms with van der Waals surface area (Å²) < 4.78 is 0. The molecule has 86 valence electrons. The number of rotatable bonds is 4. The molecule has 1 rings (SSSR count). The van der Waals surface area contributed by atoms with Gasteiger partial charge < -0.3 is 5.32 Å². The summed E-state index contributed by atoms with van der Waals surface area (Å²) in [5.41, 5.74) is 0. The summed E-state index contributed by atoms with van der Waals surface area (Å²) in [6.45, 7) is 6.74. The maximum atomic E-state index is 9.07. The third-order valence-electron chi connectivity index (χ3n) is 3.26. The van der Waals surface area contributed by atoms with E-state index in [0.717, 1.165) is 12.3 Å². The first-order valence-corrected chi connectivity index (χ1v) is 6.29. The lowest BCUT2D eigenvalue weighted by Crippen LogP contribution is -2.43. The molecule has 0 aliphatic heterocycles. The average Bonchev–Trinajstić information content (AvgIpc) is 2.17. The summed E-state index contributed by atoms with van der Waals surface area (Å²) in [5, 5.41) is 12.7. The van der Waals surface area contributed by atoms with Crippen molar-refractivity contribution in [1.82, 2.24) is 5.32 Å². The molecule has 15 heavy (non-hydrogen) atoms. The summed E-state index contributed by atoms with van der Waals surface area (Å²) in [6, 6.07) is 3.44. The highest BCUT2D eigenvalue weighted by Gasteiger charge is 2.25. The van der Waals surface area contributed by atoms with E-state index in [1.54, 1.807) is 0 Å². The van der Waals surface area contributed by atoms with Crippen molar-refractivity contribution in [3.05, 3.63) is 0 Å². The number of hydrogen-bond acceptors (Lipinski definition) is 2. The molecule has 2 heteroatoms. The van der Waals surface area contributed by atoms with Crippen LogP contribution < -0.4 is 5.32 Å². The Kier molecular flexibility index (Phi) is 5.11. The van der Waals surface area contributed by atoms with Crippen LogP contribution in [0.25, 0.3) is 0 Å². The molecule has 0 aromatic heterocycles. The normalized spacial score (nSPS) is 28.7. The van der Waals surface area contributed by atoms with E-state index in [1.807, 2.05) is 0 Å². The number of nitrogens with one attached hydrogen (secondary N) is 1. The van der Waals surface area contributed by atoms with Crippen LogP contribution in [0.5, 0.6) is 0 Å². The molecule has 3 atom stereocenters. The van der Waals surface area contributed by atoms with Gasteiger partial charge in [-0.15, -0.1) is 0 Å². The number of hydrogen-bond donors (Lipinski definition) is 1. The summed E-state index contributed by atoms with van der Waals surface area (Å²) in [4.78, 5) is 0. The molecule has 0 amide bonds. The largest absolute Gasteiger partial charge is 0.310 e. The van der Waals surface area contributed by atoms with E-state index >= 15 is 0 Å². The van der Waals surface area contributed by atoms with Gasteiger partial charge in [0, 0.05) is 12.1 Å². The van der Waals surface area contributed by atoms with Gasteiger partial charge in [-0.2, -0.15) is 5.26 Å². The van der Waals surface area contributed by atoms with Gasteiger partial charge in [0.15, 0.2) is 0 Å². The van der Waals surface area contributed by atoms with Crippen molar-refractivity contribution in [1.29, 1.82) is 5.26 Å². The maximum Gasteiger partial charge on any atom is 0.0672 e. The van der Waals surface area contributed by atoms with E-state index in [2.05, 4.69) is 32.2 Å². The van der Waals surface area contributed by atoms with Crippen LogP contribution >= 0.6 is 0 Å². The topological polar surface area (TPSA) is 35.8 Å². The fourth-order valence-electron chi connectivity index (χ4n) is 2.63. The zero-order valence-corrected chi connectivity index (χ0v) is 10.3. The van der Waals surface area contributed by atoms with Crippen molar-refractivity contribution in [3.8, 4) is 6.07 Å². The summed E-state index contributed by atoms with van der Waals surface area (Å²) in [6.07, 6.45) is 5.98. The van der Waals surface area contributed by atoms with Crippen LogP contribution in [-0.4, -0.2) is 12.1 Å². The first-order valence-electron chi connectivity index (χ1n) is 6.29. The van der Waals surface area contributed by atoms with Crippen molar-refractivity contribution in [2.45, 2.75) is 65.0 Å². The Hall–Kier alpha value is -0.550. The van der Waals surface area contributed by atoms with Crippen LogP contribution in [0.2, 0.25) is 0 Å². The second-order valence-corrected chi connectivity index (χ2v) is 5.32. The molecule has 3 unspecified atom stereocenters. The standard InChI is InChI=1S/C13H24N2/c1-10(2)8-11(3)15-13-7-5-4-6-12(13)9-14/h10-13,15H,4-8H2,1-3H3. The van der Waals surface area contributed by atoms with Gasteiger partial charge in [0.2, 0.25) is 0 Å². The second kappa shape index (κ2) is 6.12. The molecule has 0 aromatic rings. The molecule has 0 aromatic carbocycles. The van der Waals surface area contributed by atoms with Crippen LogP contribution in [0.15, 0.2) is 0 Å². The zero-order chi connectivity index (χ0) is 11.3. The Balaban J connectivity index is 2.38. The lowest BCUT2D eigenvalue weighted by atomic mass is 9.85. The minimum atomic E-state index is 0.244. The molecule has 0 heterocycles. The van der Waals surface area contributed by atoms with E-state index in [-0.39, 0.29) is 5.92 Å². The van der Waals surface area contributed by atoms with Gasteiger partial charge >= 0.3 is 0 Å². The smallest absolute Gasteiger partial charge is 0.0672 e.